The number of carbonyl (C=O) groups excluding carboxylic acids is 1. The van der Waals surface area contributed by atoms with Crippen LogP contribution in [0.15, 0.2) is 6.07 Å². The predicted molar refractivity (Wildman–Crippen MR) is 81.3 cm³/mol. The quantitative estimate of drug-likeness (QED) is 0.747. The van der Waals surface area contributed by atoms with E-state index in [1.165, 1.54) is 0 Å². The number of nitrogens with zero attached hydrogens (tertiary/aromatic N) is 2. The number of carbonyl (C=O) groups is 1. The molecular formula is C15H19N3O2S. The second-order valence-corrected chi connectivity index (χ2v) is 6.54. The first-order chi connectivity index (χ1) is 9.80. The monoisotopic (exact) mass is 305 g/mol. The van der Waals surface area contributed by atoms with Crippen molar-refractivity contribution in [3.63, 3.8) is 0 Å². The Morgan fingerprint density at radius 3 is 2.86 bits per heavy atom. The number of hydrogen-bond donors (Lipinski definition) is 1. The molecule has 2 heterocycles. The minimum absolute atomic E-state index is 0.323. The third kappa shape index (κ3) is 3.82. The highest BCUT2D eigenvalue weighted by atomic mass is 32.1. The van der Waals surface area contributed by atoms with E-state index in [-0.39, 0.29) is 6.09 Å². The summed E-state index contributed by atoms with van der Waals surface area (Å²) in [6, 6.07) is 3.85. The summed E-state index contributed by atoms with van der Waals surface area (Å²) in [5.41, 5.74) is 1.86. The van der Waals surface area contributed by atoms with Crippen LogP contribution in [0.3, 0.4) is 0 Å². The van der Waals surface area contributed by atoms with Crippen molar-refractivity contribution in [3.8, 4) is 6.07 Å². The van der Waals surface area contributed by atoms with Crippen LogP contribution in [-0.4, -0.2) is 28.1 Å². The Kier molecular flexibility index (Phi) is 4.33. The zero-order valence-corrected chi connectivity index (χ0v) is 13.3. The number of ether oxygens (including phenoxy) is 1. The van der Waals surface area contributed by atoms with E-state index in [0.717, 1.165) is 24.1 Å². The SMILES string of the molecule is CC(C)(C)OC(=O)N1CCCc2[nH]c(=S)c(C#N)cc2C1. The number of pyridine rings is 1. The van der Waals surface area contributed by atoms with Crippen molar-refractivity contribution in [2.75, 3.05) is 6.54 Å². The lowest BCUT2D eigenvalue weighted by Crippen LogP contribution is -2.36. The first kappa shape index (κ1) is 15.5. The number of nitrogens with one attached hydrogen (secondary N) is 1. The molecule has 1 aliphatic heterocycles. The molecule has 5 nitrogen and oxygen atoms in total. The van der Waals surface area contributed by atoms with Gasteiger partial charge in [-0.2, -0.15) is 5.26 Å². The van der Waals surface area contributed by atoms with Gasteiger partial charge < -0.3 is 14.6 Å². The van der Waals surface area contributed by atoms with Crippen LogP contribution >= 0.6 is 12.2 Å². The largest absolute Gasteiger partial charge is 0.444 e. The fourth-order valence-corrected chi connectivity index (χ4v) is 2.50. The first-order valence-corrected chi connectivity index (χ1v) is 7.34. The van der Waals surface area contributed by atoms with Gasteiger partial charge in [-0.25, -0.2) is 4.79 Å². The Balaban J connectivity index is 2.26. The number of aromatic amines is 1. The average Bonchev–Trinajstić information content (AvgIpc) is 2.57. The van der Waals surface area contributed by atoms with Crippen LogP contribution in [0, 0.1) is 16.0 Å². The van der Waals surface area contributed by atoms with Crippen molar-refractivity contribution < 1.29 is 9.53 Å². The van der Waals surface area contributed by atoms with Gasteiger partial charge in [0.1, 0.15) is 16.3 Å². The van der Waals surface area contributed by atoms with E-state index in [1.54, 1.807) is 11.0 Å². The standard InChI is InChI=1S/C15H19N3O2S/c1-15(2,3)20-14(19)18-6-4-5-12-11(9-18)7-10(8-16)13(21)17-12/h7H,4-6,9H2,1-3H3,(H,17,21). The molecule has 1 amide bonds. The number of aryl methyl sites for hydroxylation is 1. The highest BCUT2D eigenvalue weighted by Crippen LogP contribution is 2.20. The molecule has 0 bridgehead atoms. The van der Waals surface area contributed by atoms with Gasteiger partial charge in [0.2, 0.25) is 0 Å². The van der Waals surface area contributed by atoms with Gasteiger partial charge in [0.25, 0.3) is 0 Å². The molecule has 112 valence electrons. The van der Waals surface area contributed by atoms with Gasteiger partial charge >= 0.3 is 6.09 Å². The molecule has 6 heteroatoms. The van der Waals surface area contributed by atoms with Crippen LogP contribution in [0.5, 0.6) is 0 Å². The number of hydrogen-bond acceptors (Lipinski definition) is 4. The minimum atomic E-state index is -0.513. The summed E-state index contributed by atoms with van der Waals surface area (Å²) < 4.78 is 5.88. The van der Waals surface area contributed by atoms with Gasteiger partial charge in [0.05, 0.1) is 12.1 Å². The Morgan fingerprint density at radius 1 is 1.52 bits per heavy atom. The summed E-state index contributed by atoms with van der Waals surface area (Å²) in [6.45, 7) is 6.61. The molecule has 0 radical (unpaired) electrons. The summed E-state index contributed by atoms with van der Waals surface area (Å²) in [5.74, 6) is 0. The summed E-state index contributed by atoms with van der Waals surface area (Å²) in [5, 5.41) is 9.08. The van der Waals surface area contributed by atoms with Crippen molar-refractivity contribution in [2.24, 2.45) is 0 Å². The number of rotatable bonds is 0. The van der Waals surface area contributed by atoms with E-state index in [2.05, 4.69) is 11.1 Å². The summed E-state index contributed by atoms with van der Waals surface area (Å²) in [7, 11) is 0. The highest BCUT2D eigenvalue weighted by Gasteiger charge is 2.25. The van der Waals surface area contributed by atoms with Crippen LogP contribution in [0.25, 0.3) is 0 Å². The first-order valence-electron chi connectivity index (χ1n) is 6.93. The summed E-state index contributed by atoms with van der Waals surface area (Å²) in [4.78, 5) is 17.0. The minimum Gasteiger partial charge on any atom is -0.444 e. The fourth-order valence-electron chi connectivity index (χ4n) is 2.27. The number of nitriles is 1. The number of aromatic nitrogens is 1. The third-order valence-corrected chi connectivity index (χ3v) is 3.53. The van der Waals surface area contributed by atoms with Gasteiger partial charge in [-0.15, -0.1) is 0 Å². The van der Waals surface area contributed by atoms with Crippen LogP contribution in [-0.2, 0) is 17.7 Å². The Bertz CT molecular complexity index is 652. The van der Waals surface area contributed by atoms with Gasteiger partial charge in [-0.3, -0.25) is 0 Å². The summed E-state index contributed by atoms with van der Waals surface area (Å²) in [6.07, 6.45) is 1.32. The molecule has 0 saturated carbocycles. The van der Waals surface area contributed by atoms with Crippen LogP contribution in [0.4, 0.5) is 4.79 Å². The lowest BCUT2D eigenvalue weighted by molar-refractivity contribution is 0.0237. The molecule has 1 aromatic rings. The molecule has 0 spiro atoms. The normalized spacial score (nSPS) is 14.9. The lowest BCUT2D eigenvalue weighted by Gasteiger charge is -2.26. The Hall–Kier alpha value is -1.87. The molecule has 0 aliphatic carbocycles. The number of amides is 1. The maximum atomic E-state index is 12.2. The molecule has 1 aromatic heterocycles. The third-order valence-electron chi connectivity index (χ3n) is 3.20. The van der Waals surface area contributed by atoms with Gasteiger partial charge in [-0.05, 0) is 45.2 Å². The average molecular weight is 305 g/mol. The van der Waals surface area contributed by atoms with E-state index in [0.29, 0.717) is 23.3 Å². The fraction of sp³-hybridized carbons (Fsp3) is 0.533. The Labute approximate surface area is 129 Å². The molecular weight excluding hydrogens is 286 g/mol. The van der Waals surface area contributed by atoms with E-state index >= 15 is 0 Å². The topological polar surface area (TPSA) is 69.1 Å². The zero-order valence-electron chi connectivity index (χ0n) is 12.5. The van der Waals surface area contributed by atoms with Crippen molar-refractivity contribution in [3.05, 3.63) is 27.5 Å². The molecule has 0 saturated heterocycles. The van der Waals surface area contributed by atoms with E-state index in [4.69, 9.17) is 22.2 Å². The van der Waals surface area contributed by atoms with E-state index < -0.39 is 5.60 Å². The molecule has 2 rings (SSSR count). The maximum absolute atomic E-state index is 12.2. The number of fused-ring (bicyclic) bond motifs is 1. The lowest BCUT2D eigenvalue weighted by atomic mass is 10.1. The molecule has 0 atom stereocenters. The maximum Gasteiger partial charge on any atom is 0.410 e. The van der Waals surface area contributed by atoms with Crippen LogP contribution in [0.1, 0.15) is 44.0 Å². The smallest absolute Gasteiger partial charge is 0.410 e. The zero-order chi connectivity index (χ0) is 15.6. The second kappa shape index (κ2) is 5.86. The number of H-pyrrole nitrogens is 1. The molecule has 0 aromatic carbocycles. The summed E-state index contributed by atoms with van der Waals surface area (Å²) >= 11 is 5.15. The van der Waals surface area contributed by atoms with Crippen molar-refractivity contribution >= 4 is 18.3 Å². The van der Waals surface area contributed by atoms with Gasteiger partial charge in [0.15, 0.2) is 0 Å². The van der Waals surface area contributed by atoms with Crippen LogP contribution < -0.4 is 0 Å². The molecule has 1 aliphatic rings. The van der Waals surface area contributed by atoms with Gasteiger partial charge in [-0.1, -0.05) is 12.2 Å². The highest BCUT2D eigenvalue weighted by molar-refractivity contribution is 7.71. The molecule has 0 unspecified atom stereocenters. The van der Waals surface area contributed by atoms with Crippen molar-refractivity contribution in [1.82, 2.24) is 9.88 Å². The van der Waals surface area contributed by atoms with Gasteiger partial charge in [0, 0.05) is 12.2 Å². The van der Waals surface area contributed by atoms with Crippen molar-refractivity contribution in [2.45, 2.75) is 45.8 Å². The predicted octanol–water partition coefficient (Wildman–Crippen LogP) is 3.30. The Morgan fingerprint density at radius 2 is 2.24 bits per heavy atom. The van der Waals surface area contributed by atoms with Crippen molar-refractivity contribution in [1.29, 1.82) is 5.26 Å². The molecule has 1 N–H and O–H groups in total. The van der Waals surface area contributed by atoms with E-state index in [9.17, 15) is 4.79 Å². The van der Waals surface area contributed by atoms with E-state index in [1.807, 2.05) is 20.8 Å². The second-order valence-electron chi connectivity index (χ2n) is 6.13. The molecule has 21 heavy (non-hydrogen) atoms. The molecule has 0 fully saturated rings. The van der Waals surface area contributed by atoms with Crippen LogP contribution in [0.2, 0.25) is 0 Å².